The molecule has 2 aliphatic heterocycles. The van der Waals surface area contributed by atoms with E-state index in [4.69, 9.17) is 35.3 Å². The lowest BCUT2D eigenvalue weighted by Gasteiger charge is -2.54. The van der Waals surface area contributed by atoms with E-state index in [1.807, 2.05) is 97.1 Å². The number of hydrogen-bond acceptors (Lipinski definition) is 7. The molecule has 0 radical (unpaired) electrons. The van der Waals surface area contributed by atoms with Gasteiger partial charge in [-0.3, -0.25) is 0 Å². The van der Waals surface area contributed by atoms with Gasteiger partial charge in [0.2, 0.25) is 5.79 Å². The van der Waals surface area contributed by atoms with Gasteiger partial charge in [-0.25, -0.2) is 0 Å². The van der Waals surface area contributed by atoms with Gasteiger partial charge in [-0.1, -0.05) is 121 Å². The topological polar surface area (TPSA) is 75.6 Å². The molecular weight excluding hydrogens is 733 g/mol. The lowest BCUT2D eigenvalue weighted by atomic mass is 9.74. The first-order valence-corrected chi connectivity index (χ1v) is 18.4. The second-order valence-electron chi connectivity index (χ2n) is 14.4. The zero-order chi connectivity index (χ0) is 38.7. The summed E-state index contributed by atoms with van der Waals surface area (Å²) in [7, 11) is 0. The molecule has 2 heterocycles. The van der Waals surface area contributed by atoms with Crippen molar-refractivity contribution in [1.29, 1.82) is 0 Å². The first-order chi connectivity index (χ1) is 26.4. The summed E-state index contributed by atoms with van der Waals surface area (Å²) in [5.41, 5.74) is 1.73. The van der Waals surface area contributed by atoms with Crippen LogP contribution in [0, 0.1) is 0 Å². The second-order valence-corrected chi connectivity index (χ2v) is 14.8. The van der Waals surface area contributed by atoms with Gasteiger partial charge in [0.15, 0.2) is 5.60 Å². The average molecular weight is 775 g/mol. The molecule has 0 saturated carbocycles. The van der Waals surface area contributed by atoms with Gasteiger partial charge in [0.25, 0.3) is 0 Å². The van der Waals surface area contributed by atoms with E-state index >= 15 is 0 Å². The molecule has 0 amide bonds. The van der Waals surface area contributed by atoms with E-state index < -0.39 is 41.7 Å². The summed E-state index contributed by atoms with van der Waals surface area (Å²) in [6.07, 6.45) is -7.18. The molecule has 5 aromatic carbocycles. The number of alkyl halides is 3. The van der Waals surface area contributed by atoms with Gasteiger partial charge in [0, 0.05) is 10.6 Å². The Morgan fingerprint density at radius 2 is 1.22 bits per heavy atom. The Morgan fingerprint density at radius 1 is 0.691 bits per heavy atom. The van der Waals surface area contributed by atoms with E-state index in [1.165, 1.54) is 12.1 Å². The molecule has 7 nitrogen and oxygen atoms in total. The molecule has 2 fully saturated rings. The highest BCUT2D eigenvalue weighted by Gasteiger charge is 2.73. The predicted octanol–water partition coefficient (Wildman–Crippen LogP) is 9.31. The molecule has 0 spiro atoms. The van der Waals surface area contributed by atoms with Crippen molar-refractivity contribution in [1.82, 2.24) is 0 Å². The zero-order valence-corrected chi connectivity index (χ0v) is 31.1. The molecular formula is C44H42ClF3O7. The molecule has 0 aliphatic carbocycles. The van der Waals surface area contributed by atoms with Gasteiger partial charge < -0.3 is 33.5 Å². The van der Waals surface area contributed by atoms with E-state index in [-0.39, 0.29) is 38.6 Å². The Hall–Kier alpha value is -4.26. The molecule has 1 N–H and O–H groups in total. The lowest BCUT2D eigenvalue weighted by Crippen LogP contribution is -2.72. The van der Waals surface area contributed by atoms with Crippen molar-refractivity contribution in [2.45, 2.75) is 81.8 Å². The zero-order valence-electron chi connectivity index (χ0n) is 30.4. The van der Waals surface area contributed by atoms with Crippen molar-refractivity contribution in [2.75, 3.05) is 6.61 Å². The monoisotopic (exact) mass is 774 g/mol. The molecule has 11 heteroatoms. The van der Waals surface area contributed by atoms with Crippen LogP contribution in [-0.2, 0) is 55.7 Å². The van der Waals surface area contributed by atoms with Crippen molar-refractivity contribution in [3.8, 4) is 5.75 Å². The minimum absolute atomic E-state index is 0.0645. The van der Waals surface area contributed by atoms with Crippen LogP contribution in [0.15, 0.2) is 133 Å². The van der Waals surface area contributed by atoms with Crippen molar-refractivity contribution in [3.05, 3.63) is 172 Å². The Bertz CT molecular complexity index is 2010. The number of rotatable bonds is 14. The van der Waals surface area contributed by atoms with Gasteiger partial charge in [-0.15, -0.1) is 13.2 Å². The molecule has 288 valence electrons. The van der Waals surface area contributed by atoms with Crippen LogP contribution in [0.3, 0.4) is 0 Å². The van der Waals surface area contributed by atoms with Gasteiger partial charge in [0.05, 0.1) is 32.0 Å². The normalized spacial score (nSPS) is 23.8. The van der Waals surface area contributed by atoms with E-state index in [2.05, 4.69) is 4.74 Å². The number of halogens is 4. The van der Waals surface area contributed by atoms with Crippen LogP contribution in [0.5, 0.6) is 5.75 Å². The summed E-state index contributed by atoms with van der Waals surface area (Å²) in [5.74, 6) is -1.94. The average Bonchev–Trinajstić information content (AvgIpc) is 3.54. The van der Waals surface area contributed by atoms with Crippen molar-refractivity contribution < 1.29 is 46.7 Å². The minimum atomic E-state index is -4.80. The van der Waals surface area contributed by atoms with Gasteiger partial charge >= 0.3 is 6.36 Å². The minimum Gasteiger partial charge on any atom is -0.406 e. The smallest absolute Gasteiger partial charge is 0.406 e. The summed E-state index contributed by atoms with van der Waals surface area (Å²) in [6, 6.07) is 40.2. The van der Waals surface area contributed by atoms with Crippen LogP contribution < -0.4 is 4.74 Å². The molecule has 7 rings (SSSR count). The van der Waals surface area contributed by atoms with Gasteiger partial charge in [-0.2, -0.15) is 0 Å². The molecule has 5 atom stereocenters. The summed E-state index contributed by atoms with van der Waals surface area (Å²) in [5, 5.41) is 12.5. The highest BCUT2D eigenvalue weighted by Crippen LogP contribution is 2.56. The third-order valence-electron chi connectivity index (χ3n) is 10.1. The van der Waals surface area contributed by atoms with Crippen LogP contribution in [-0.4, -0.2) is 47.6 Å². The maximum atomic E-state index is 12.8. The molecule has 0 unspecified atom stereocenters. The first kappa shape index (κ1) is 39.0. The quantitative estimate of drug-likeness (QED) is 0.121. The third kappa shape index (κ3) is 8.61. The van der Waals surface area contributed by atoms with Crippen molar-refractivity contribution in [2.24, 2.45) is 0 Å². The lowest BCUT2D eigenvalue weighted by molar-refractivity contribution is -0.369. The van der Waals surface area contributed by atoms with Crippen molar-refractivity contribution >= 4 is 11.6 Å². The largest absolute Gasteiger partial charge is 0.573 e. The van der Waals surface area contributed by atoms with Crippen LogP contribution in [0.2, 0.25) is 5.02 Å². The molecule has 2 aliphatic rings. The number of hydrogen-bond donors (Lipinski definition) is 1. The second kappa shape index (κ2) is 16.1. The third-order valence-corrected chi connectivity index (χ3v) is 10.5. The van der Waals surface area contributed by atoms with Crippen LogP contribution >= 0.6 is 11.6 Å². The maximum absolute atomic E-state index is 12.8. The fourth-order valence-corrected chi connectivity index (χ4v) is 7.46. The maximum Gasteiger partial charge on any atom is 0.573 e. The molecule has 2 saturated heterocycles. The summed E-state index contributed by atoms with van der Waals surface area (Å²) in [4.78, 5) is 0. The Labute approximate surface area is 323 Å². The van der Waals surface area contributed by atoms with E-state index in [1.54, 1.807) is 38.1 Å². The Morgan fingerprint density at radius 3 is 1.75 bits per heavy atom. The van der Waals surface area contributed by atoms with Crippen LogP contribution in [0.4, 0.5) is 13.2 Å². The number of benzene rings is 5. The summed E-state index contributed by atoms with van der Waals surface area (Å²) >= 11 is 6.78. The van der Waals surface area contributed by atoms with Crippen molar-refractivity contribution in [3.63, 3.8) is 0 Å². The van der Waals surface area contributed by atoms with E-state index in [9.17, 15) is 18.3 Å². The fourth-order valence-electron chi connectivity index (χ4n) is 7.27. The number of ether oxygens (including phenoxy) is 6. The fraction of sp³-hybridized carbons (Fsp3) is 0.318. The van der Waals surface area contributed by atoms with Crippen LogP contribution in [0.1, 0.15) is 47.2 Å². The summed E-state index contributed by atoms with van der Waals surface area (Å²) in [6.45, 7) is 3.87. The molecule has 0 aromatic heterocycles. The molecule has 5 aromatic rings. The van der Waals surface area contributed by atoms with Gasteiger partial charge in [-0.05, 0) is 72.4 Å². The molecule has 55 heavy (non-hydrogen) atoms. The van der Waals surface area contributed by atoms with Crippen LogP contribution in [0.25, 0.3) is 0 Å². The highest BCUT2D eigenvalue weighted by atomic mass is 35.5. The highest BCUT2D eigenvalue weighted by molar-refractivity contribution is 6.31. The first-order valence-electron chi connectivity index (χ1n) is 18.0. The van der Waals surface area contributed by atoms with Gasteiger partial charge in [0.1, 0.15) is 24.1 Å². The number of fused-ring (bicyclic) bond motifs is 2. The number of aliphatic hydroxyl groups is 1. The van der Waals surface area contributed by atoms with E-state index in [0.29, 0.717) is 21.7 Å². The Balaban J connectivity index is 1.31. The standard InChI is InChI=1S/C44H42ClF3O7/c1-41(2,49)42-29-53-43(55-42,35-20-23-37(45)34(25-35)24-30-18-21-36(22-19-30)54-44(46,47)48)40(52-28-33-16-10-5-11-17-33)38(50-26-31-12-6-3-7-13-31)39(42)51-27-32-14-8-4-9-15-32/h3-23,25,38-40,49H,24,26-29H2,1-2H3/t38-,39+,40+,42+,43-/m0/s1. The van der Waals surface area contributed by atoms with E-state index in [0.717, 1.165) is 16.7 Å². The summed E-state index contributed by atoms with van der Waals surface area (Å²) < 4.78 is 77.0. The molecule has 2 bridgehead atoms. The predicted molar refractivity (Wildman–Crippen MR) is 200 cm³/mol. The Kier molecular flexibility index (Phi) is 11.4. The SMILES string of the molecule is CC(C)(O)[C@]12CO[C@@](c3ccc(Cl)c(Cc4ccc(OC(F)(F)F)cc4)c3)(O1)[C@H](OCc1ccccc1)[C@@H](OCc1ccccc1)[C@H]2OCc1ccccc1.